The molecule has 1 aliphatic heterocycles. The number of morpholine rings is 1. The molecular weight excluding hydrogens is 258 g/mol. The highest BCUT2D eigenvalue weighted by atomic mass is 16.5. The van der Waals surface area contributed by atoms with E-state index in [1.807, 2.05) is 0 Å². The highest BCUT2D eigenvalue weighted by Crippen LogP contribution is 2.25. The normalized spacial score (nSPS) is 16.1. The average molecular weight is 281 g/mol. The fourth-order valence-electron chi connectivity index (χ4n) is 2.90. The van der Waals surface area contributed by atoms with Crippen LogP contribution in [0.1, 0.15) is 16.7 Å². The Morgan fingerprint density at radius 3 is 2.33 bits per heavy atom. The molecule has 0 unspecified atom stereocenters. The molecule has 2 heteroatoms. The molecule has 110 valence electrons. The van der Waals surface area contributed by atoms with Gasteiger partial charge in [-0.1, -0.05) is 48.0 Å². The van der Waals surface area contributed by atoms with Crippen LogP contribution in [0.15, 0.2) is 42.5 Å². The molecule has 0 aromatic heterocycles. The van der Waals surface area contributed by atoms with Crippen molar-refractivity contribution < 1.29 is 4.74 Å². The van der Waals surface area contributed by atoms with Crippen molar-refractivity contribution in [3.8, 4) is 11.1 Å². The summed E-state index contributed by atoms with van der Waals surface area (Å²) < 4.78 is 5.41. The summed E-state index contributed by atoms with van der Waals surface area (Å²) in [6.07, 6.45) is 0. The summed E-state index contributed by atoms with van der Waals surface area (Å²) in [6.45, 7) is 9.16. The molecule has 21 heavy (non-hydrogen) atoms. The van der Waals surface area contributed by atoms with Crippen molar-refractivity contribution in [1.29, 1.82) is 0 Å². The molecule has 1 fully saturated rings. The Bertz CT molecular complexity index is 597. The molecule has 0 N–H and O–H groups in total. The molecule has 0 saturated carbocycles. The summed E-state index contributed by atoms with van der Waals surface area (Å²) in [5.74, 6) is 0. The van der Waals surface area contributed by atoms with Gasteiger partial charge in [-0.2, -0.15) is 0 Å². The molecular formula is C19H23NO. The molecule has 1 aliphatic rings. The second-order valence-corrected chi connectivity index (χ2v) is 5.90. The number of aryl methyl sites for hydroxylation is 2. The third-order valence-corrected chi connectivity index (χ3v) is 4.16. The maximum absolute atomic E-state index is 5.41. The number of hydrogen-bond acceptors (Lipinski definition) is 2. The third kappa shape index (κ3) is 3.52. The Morgan fingerprint density at radius 1 is 0.952 bits per heavy atom. The van der Waals surface area contributed by atoms with E-state index >= 15 is 0 Å². The molecule has 2 nitrogen and oxygen atoms in total. The Hall–Kier alpha value is -1.64. The van der Waals surface area contributed by atoms with Gasteiger partial charge < -0.3 is 4.74 Å². The van der Waals surface area contributed by atoms with Crippen LogP contribution in [0.25, 0.3) is 11.1 Å². The van der Waals surface area contributed by atoms with Gasteiger partial charge >= 0.3 is 0 Å². The molecule has 0 aliphatic carbocycles. The first-order chi connectivity index (χ1) is 10.2. The van der Waals surface area contributed by atoms with E-state index in [2.05, 4.69) is 61.2 Å². The summed E-state index contributed by atoms with van der Waals surface area (Å²) in [6, 6.07) is 15.6. The fraction of sp³-hybridized carbons (Fsp3) is 0.368. The predicted octanol–water partition coefficient (Wildman–Crippen LogP) is 3.80. The smallest absolute Gasteiger partial charge is 0.0594 e. The Kier molecular flexibility index (Phi) is 4.37. The third-order valence-electron chi connectivity index (χ3n) is 4.16. The minimum Gasteiger partial charge on any atom is -0.379 e. The number of benzene rings is 2. The lowest BCUT2D eigenvalue weighted by molar-refractivity contribution is 0.0342. The van der Waals surface area contributed by atoms with Crippen LogP contribution in [-0.4, -0.2) is 31.2 Å². The molecule has 0 radical (unpaired) electrons. The molecule has 0 bridgehead atoms. The maximum atomic E-state index is 5.41. The zero-order valence-corrected chi connectivity index (χ0v) is 12.9. The van der Waals surface area contributed by atoms with Gasteiger partial charge in [0.2, 0.25) is 0 Å². The quantitative estimate of drug-likeness (QED) is 0.848. The molecule has 0 amide bonds. The van der Waals surface area contributed by atoms with E-state index in [-0.39, 0.29) is 0 Å². The fourth-order valence-corrected chi connectivity index (χ4v) is 2.90. The van der Waals surface area contributed by atoms with Crippen LogP contribution in [-0.2, 0) is 11.3 Å². The van der Waals surface area contributed by atoms with Crippen molar-refractivity contribution in [2.24, 2.45) is 0 Å². The summed E-state index contributed by atoms with van der Waals surface area (Å²) >= 11 is 0. The first-order valence-electron chi connectivity index (χ1n) is 7.69. The van der Waals surface area contributed by atoms with E-state index in [9.17, 15) is 0 Å². The van der Waals surface area contributed by atoms with E-state index in [0.29, 0.717) is 0 Å². The van der Waals surface area contributed by atoms with Crippen LogP contribution in [0.5, 0.6) is 0 Å². The van der Waals surface area contributed by atoms with Crippen LogP contribution in [0.3, 0.4) is 0 Å². The van der Waals surface area contributed by atoms with Crippen LogP contribution in [0, 0.1) is 13.8 Å². The summed E-state index contributed by atoms with van der Waals surface area (Å²) in [5, 5.41) is 0. The van der Waals surface area contributed by atoms with Gasteiger partial charge in [-0.15, -0.1) is 0 Å². The van der Waals surface area contributed by atoms with Crippen molar-refractivity contribution in [3.05, 3.63) is 59.2 Å². The van der Waals surface area contributed by atoms with E-state index in [1.165, 1.54) is 27.8 Å². The number of rotatable bonds is 3. The van der Waals surface area contributed by atoms with Crippen molar-refractivity contribution >= 4 is 0 Å². The standard InChI is InChI=1S/C19H23NO/c1-15-3-6-18(7-4-15)19-8-5-17(13-16(19)2)14-20-9-11-21-12-10-20/h3-8,13H,9-12,14H2,1-2H3. The first kappa shape index (κ1) is 14.3. The first-order valence-corrected chi connectivity index (χ1v) is 7.69. The van der Waals surface area contributed by atoms with Gasteiger partial charge in [-0.3, -0.25) is 4.90 Å². The Morgan fingerprint density at radius 2 is 1.67 bits per heavy atom. The van der Waals surface area contributed by atoms with Crippen LogP contribution in [0.2, 0.25) is 0 Å². The average Bonchev–Trinajstić information content (AvgIpc) is 2.50. The van der Waals surface area contributed by atoms with Gasteiger partial charge in [-0.05, 0) is 36.1 Å². The minimum absolute atomic E-state index is 0.862. The molecule has 0 spiro atoms. The lowest BCUT2D eigenvalue weighted by atomic mass is 9.97. The van der Waals surface area contributed by atoms with Crippen LogP contribution < -0.4 is 0 Å². The highest BCUT2D eigenvalue weighted by molar-refractivity contribution is 5.67. The zero-order chi connectivity index (χ0) is 14.7. The van der Waals surface area contributed by atoms with E-state index in [0.717, 1.165) is 32.8 Å². The lowest BCUT2D eigenvalue weighted by Crippen LogP contribution is -2.35. The molecule has 2 aromatic carbocycles. The van der Waals surface area contributed by atoms with Crippen molar-refractivity contribution in [2.75, 3.05) is 26.3 Å². The summed E-state index contributed by atoms with van der Waals surface area (Å²) in [4.78, 5) is 2.46. The van der Waals surface area contributed by atoms with Gasteiger partial charge in [0.15, 0.2) is 0 Å². The van der Waals surface area contributed by atoms with E-state index in [4.69, 9.17) is 4.74 Å². The minimum atomic E-state index is 0.862. The molecule has 1 saturated heterocycles. The van der Waals surface area contributed by atoms with Crippen LogP contribution in [0.4, 0.5) is 0 Å². The van der Waals surface area contributed by atoms with Crippen molar-refractivity contribution in [3.63, 3.8) is 0 Å². The topological polar surface area (TPSA) is 12.5 Å². The lowest BCUT2D eigenvalue weighted by Gasteiger charge is -2.26. The zero-order valence-electron chi connectivity index (χ0n) is 12.9. The molecule has 2 aromatic rings. The Labute approximate surface area is 127 Å². The molecule has 0 atom stereocenters. The summed E-state index contributed by atoms with van der Waals surface area (Å²) in [7, 11) is 0. The maximum Gasteiger partial charge on any atom is 0.0594 e. The highest BCUT2D eigenvalue weighted by Gasteiger charge is 2.11. The number of ether oxygens (including phenoxy) is 1. The predicted molar refractivity (Wildman–Crippen MR) is 87.4 cm³/mol. The van der Waals surface area contributed by atoms with Gasteiger partial charge in [0, 0.05) is 19.6 Å². The van der Waals surface area contributed by atoms with Gasteiger partial charge in [-0.25, -0.2) is 0 Å². The molecule has 3 rings (SSSR count). The van der Waals surface area contributed by atoms with Gasteiger partial charge in [0.1, 0.15) is 0 Å². The number of hydrogen-bond donors (Lipinski definition) is 0. The van der Waals surface area contributed by atoms with Gasteiger partial charge in [0.05, 0.1) is 13.2 Å². The van der Waals surface area contributed by atoms with Crippen molar-refractivity contribution in [1.82, 2.24) is 4.90 Å². The Balaban J connectivity index is 1.77. The largest absolute Gasteiger partial charge is 0.379 e. The SMILES string of the molecule is Cc1ccc(-c2ccc(CN3CCOCC3)cc2C)cc1. The van der Waals surface area contributed by atoms with Crippen LogP contribution >= 0.6 is 0 Å². The second kappa shape index (κ2) is 6.42. The van der Waals surface area contributed by atoms with E-state index in [1.54, 1.807) is 0 Å². The number of nitrogens with zero attached hydrogens (tertiary/aromatic N) is 1. The van der Waals surface area contributed by atoms with E-state index < -0.39 is 0 Å². The van der Waals surface area contributed by atoms with Gasteiger partial charge in [0.25, 0.3) is 0 Å². The monoisotopic (exact) mass is 281 g/mol. The molecule has 1 heterocycles. The second-order valence-electron chi connectivity index (χ2n) is 5.90. The summed E-state index contributed by atoms with van der Waals surface area (Å²) in [5.41, 5.74) is 6.69. The van der Waals surface area contributed by atoms with Crippen molar-refractivity contribution in [2.45, 2.75) is 20.4 Å².